The first-order chi connectivity index (χ1) is 6.29. The second-order valence-corrected chi connectivity index (χ2v) is 4.50. The summed E-state index contributed by atoms with van der Waals surface area (Å²) in [7, 11) is 0. The van der Waals surface area contributed by atoms with E-state index in [1.54, 1.807) is 0 Å². The van der Waals surface area contributed by atoms with Gasteiger partial charge >= 0.3 is 0 Å². The van der Waals surface area contributed by atoms with Crippen molar-refractivity contribution in [1.29, 1.82) is 0 Å². The minimum absolute atomic E-state index is 0.122. The van der Waals surface area contributed by atoms with Crippen molar-refractivity contribution in [2.45, 2.75) is 32.8 Å². The SMILES string of the molecule is CCC(CC)C(=O)C1CSCCO1. The molecule has 0 aromatic carbocycles. The highest BCUT2D eigenvalue weighted by Crippen LogP contribution is 2.19. The van der Waals surface area contributed by atoms with Gasteiger partial charge in [-0.05, 0) is 12.8 Å². The second kappa shape index (κ2) is 5.66. The molecule has 0 aromatic rings. The lowest BCUT2D eigenvalue weighted by molar-refractivity contribution is -0.133. The highest BCUT2D eigenvalue weighted by atomic mass is 32.2. The van der Waals surface area contributed by atoms with Crippen molar-refractivity contribution in [2.24, 2.45) is 5.92 Å². The van der Waals surface area contributed by atoms with Crippen LogP contribution in [0.3, 0.4) is 0 Å². The van der Waals surface area contributed by atoms with Crippen molar-refractivity contribution in [3.63, 3.8) is 0 Å². The standard InChI is InChI=1S/C10H18O2S/c1-3-8(4-2)10(11)9-7-13-6-5-12-9/h8-9H,3-7H2,1-2H3. The first-order valence-corrected chi connectivity index (χ1v) is 6.18. The van der Waals surface area contributed by atoms with E-state index in [-0.39, 0.29) is 12.0 Å². The number of carbonyl (C=O) groups excluding carboxylic acids is 1. The van der Waals surface area contributed by atoms with Gasteiger partial charge in [-0.15, -0.1) is 0 Å². The smallest absolute Gasteiger partial charge is 0.165 e. The number of ketones is 1. The number of Topliss-reactive ketones (excluding diaryl/α,β-unsaturated/α-hetero) is 1. The van der Waals surface area contributed by atoms with E-state index in [1.807, 2.05) is 11.8 Å². The molecule has 1 heterocycles. The fraction of sp³-hybridized carbons (Fsp3) is 0.900. The molecular weight excluding hydrogens is 184 g/mol. The molecule has 0 aromatic heterocycles. The van der Waals surface area contributed by atoms with E-state index in [2.05, 4.69) is 13.8 Å². The van der Waals surface area contributed by atoms with Gasteiger partial charge in [0.2, 0.25) is 0 Å². The highest BCUT2D eigenvalue weighted by Gasteiger charge is 2.26. The summed E-state index contributed by atoms with van der Waals surface area (Å²) in [6.45, 7) is 4.88. The molecule has 0 bridgehead atoms. The Balaban J connectivity index is 2.44. The van der Waals surface area contributed by atoms with E-state index in [1.165, 1.54) is 0 Å². The number of carbonyl (C=O) groups is 1. The molecule has 76 valence electrons. The Morgan fingerprint density at radius 2 is 2.23 bits per heavy atom. The van der Waals surface area contributed by atoms with E-state index < -0.39 is 0 Å². The van der Waals surface area contributed by atoms with Gasteiger partial charge in [-0.2, -0.15) is 11.8 Å². The van der Waals surface area contributed by atoms with E-state index in [0.717, 1.165) is 31.0 Å². The first kappa shape index (κ1) is 11.1. The predicted octanol–water partition coefficient (Wildman–Crippen LogP) is 2.12. The molecule has 1 atom stereocenters. The lowest BCUT2D eigenvalue weighted by atomic mass is 9.95. The van der Waals surface area contributed by atoms with Crippen LogP contribution in [-0.4, -0.2) is 30.0 Å². The summed E-state index contributed by atoms with van der Waals surface area (Å²) in [4.78, 5) is 11.8. The zero-order valence-corrected chi connectivity index (χ0v) is 9.23. The van der Waals surface area contributed by atoms with Gasteiger partial charge in [0.25, 0.3) is 0 Å². The van der Waals surface area contributed by atoms with Crippen LogP contribution in [0.2, 0.25) is 0 Å². The Hall–Kier alpha value is -0.0200. The van der Waals surface area contributed by atoms with Gasteiger partial charge < -0.3 is 4.74 Å². The Bertz CT molecular complexity index is 160. The molecule has 13 heavy (non-hydrogen) atoms. The minimum atomic E-state index is -0.122. The predicted molar refractivity (Wildman–Crippen MR) is 56.1 cm³/mol. The van der Waals surface area contributed by atoms with E-state index in [9.17, 15) is 4.79 Å². The fourth-order valence-electron chi connectivity index (χ4n) is 1.61. The van der Waals surface area contributed by atoms with Gasteiger partial charge in [-0.25, -0.2) is 0 Å². The maximum atomic E-state index is 11.8. The summed E-state index contributed by atoms with van der Waals surface area (Å²) in [5.74, 6) is 2.42. The van der Waals surface area contributed by atoms with Crippen LogP contribution >= 0.6 is 11.8 Å². The number of hydrogen-bond acceptors (Lipinski definition) is 3. The molecule has 0 spiro atoms. The Kier molecular flexibility index (Phi) is 4.81. The van der Waals surface area contributed by atoms with Crippen LogP contribution in [-0.2, 0) is 9.53 Å². The summed E-state index contributed by atoms with van der Waals surface area (Å²) in [6.07, 6.45) is 1.77. The maximum Gasteiger partial charge on any atom is 0.165 e. The summed E-state index contributed by atoms with van der Waals surface area (Å²) in [6, 6.07) is 0. The van der Waals surface area contributed by atoms with Crippen molar-refractivity contribution in [2.75, 3.05) is 18.1 Å². The minimum Gasteiger partial charge on any atom is -0.369 e. The molecule has 1 saturated heterocycles. The number of rotatable bonds is 4. The molecule has 0 amide bonds. The molecular formula is C10H18O2S. The Morgan fingerprint density at radius 1 is 1.54 bits per heavy atom. The monoisotopic (exact) mass is 202 g/mol. The zero-order valence-electron chi connectivity index (χ0n) is 8.41. The van der Waals surface area contributed by atoms with Crippen molar-refractivity contribution in [3.05, 3.63) is 0 Å². The highest BCUT2D eigenvalue weighted by molar-refractivity contribution is 7.99. The first-order valence-electron chi connectivity index (χ1n) is 5.02. The molecule has 3 heteroatoms. The number of ether oxygens (including phenoxy) is 1. The van der Waals surface area contributed by atoms with Crippen LogP contribution in [0.4, 0.5) is 0 Å². The van der Waals surface area contributed by atoms with Gasteiger partial charge in [-0.3, -0.25) is 4.79 Å². The number of hydrogen-bond donors (Lipinski definition) is 0. The molecule has 1 unspecified atom stereocenters. The lowest BCUT2D eigenvalue weighted by Crippen LogP contribution is -2.35. The van der Waals surface area contributed by atoms with E-state index in [0.29, 0.717) is 5.78 Å². The average molecular weight is 202 g/mol. The largest absolute Gasteiger partial charge is 0.369 e. The summed E-state index contributed by atoms with van der Waals surface area (Å²) in [5.41, 5.74) is 0. The quantitative estimate of drug-likeness (QED) is 0.698. The molecule has 1 aliphatic rings. The normalized spacial score (nSPS) is 23.5. The van der Waals surface area contributed by atoms with Gasteiger partial charge in [0.05, 0.1) is 6.61 Å². The van der Waals surface area contributed by atoms with Gasteiger partial charge in [0, 0.05) is 17.4 Å². The average Bonchev–Trinajstić information content (AvgIpc) is 2.21. The molecule has 0 radical (unpaired) electrons. The molecule has 1 fully saturated rings. The molecule has 0 saturated carbocycles. The van der Waals surface area contributed by atoms with Crippen LogP contribution in [0.1, 0.15) is 26.7 Å². The van der Waals surface area contributed by atoms with Crippen molar-refractivity contribution >= 4 is 17.5 Å². The van der Waals surface area contributed by atoms with Crippen LogP contribution in [0, 0.1) is 5.92 Å². The Morgan fingerprint density at radius 3 is 2.69 bits per heavy atom. The molecule has 0 aliphatic carbocycles. The fourth-order valence-corrected chi connectivity index (χ4v) is 2.46. The van der Waals surface area contributed by atoms with E-state index in [4.69, 9.17) is 4.74 Å². The summed E-state index contributed by atoms with van der Waals surface area (Å²) < 4.78 is 5.45. The Labute approximate surface area is 84.4 Å². The van der Waals surface area contributed by atoms with Crippen LogP contribution in [0.5, 0.6) is 0 Å². The van der Waals surface area contributed by atoms with Gasteiger partial charge in [-0.1, -0.05) is 13.8 Å². The summed E-state index contributed by atoms with van der Waals surface area (Å²) in [5, 5.41) is 0. The van der Waals surface area contributed by atoms with Crippen LogP contribution in [0.15, 0.2) is 0 Å². The topological polar surface area (TPSA) is 26.3 Å². The molecule has 1 rings (SSSR count). The molecule has 2 nitrogen and oxygen atoms in total. The molecule has 0 N–H and O–H groups in total. The lowest BCUT2D eigenvalue weighted by Gasteiger charge is -2.24. The molecule has 1 aliphatic heterocycles. The third kappa shape index (κ3) is 2.99. The third-order valence-electron chi connectivity index (χ3n) is 2.52. The van der Waals surface area contributed by atoms with E-state index >= 15 is 0 Å². The van der Waals surface area contributed by atoms with Crippen molar-refractivity contribution < 1.29 is 9.53 Å². The van der Waals surface area contributed by atoms with Crippen molar-refractivity contribution in [1.82, 2.24) is 0 Å². The number of thioether (sulfide) groups is 1. The van der Waals surface area contributed by atoms with Gasteiger partial charge in [0.1, 0.15) is 6.10 Å². The maximum absolute atomic E-state index is 11.8. The summed E-state index contributed by atoms with van der Waals surface area (Å²) >= 11 is 1.82. The van der Waals surface area contributed by atoms with Crippen LogP contribution in [0.25, 0.3) is 0 Å². The third-order valence-corrected chi connectivity index (χ3v) is 3.52. The van der Waals surface area contributed by atoms with Crippen LogP contribution < -0.4 is 0 Å². The van der Waals surface area contributed by atoms with Gasteiger partial charge in [0.15, 0.2) is 5.78 Å². The second-order valence-electron chi connectivity index (χ2n) is 3.35. The van der Waals surface area contributed by atoms with Crippen molar-refractivity contribution in [3.8, 4) is 0 Å². The zero-order chi connectivity index (χ0) is 9.68.